The number of primary amides is 1. The van der Waals surface area contributed by atoms with Crippen molar-refractivity contribution in [3.63, 3.8) is 0 Å². The van der Waals surface area contributed by atoms with Crippen molar-refractivity contribution in [3.8, 4) is 0 Å². The minimum Gasteiger partial charge on any atom is -0.386 e. The van der Waals surface area contributed by atoms with Gasteiger partial charge < -0.3 is 21.9 Å². The summed E-state index contributed by atoms with van der Waals surface area (Å²) in [6.45, 7) is 3.89. The van der Waals surface area contributed by atoms with Gasteiger partial charge in [-0.3, -0.25) is 0 Å². The second kappa shape index (κ2) is 6.89. The molecule has 1 aromatic rings. The van der Waals surface area contributed by atoms with E-state index in [4.69, 9.17) is 11.5 Å². The summed E-state index contributed by atoms with van der Waals surface area (Å²) < 4.78 is 3.68. The quantitative estimate of drug-likeness (QED) is 0.450. The van der Waals surface area contributed by atoms with Gasteiger partial charge >= 0.3 is 6.03 Å². The Labute approximate surface area is 145 Å². The maximum absolute atomic E-state index is 11.4. The summed E-state index contributed by atoms with van der Waals surface area (Å²) >= 11 is 0. The normalized spacial score (nSPS) is 24.6. The summed E-state index contributed by atoms with van der Waals surface area (Å²) in [6, 6.07) is -0.674. The van der Waals surface area contributed by atoms with E-state index in [2.05, 4.69) is 15.4 Å². The minimum atomic E-state index is -0.674. The first-order valence-electron chi connectivity index (χ1n) is 8.14. The Bertz CT molecular complexity index is 816. The van der Waals surface area contributed by atoms with Crippen LogP contribution in [0.1, 0.15) is 13.3 Å². The lowest BCUT2D eigenvalue weighted by atomic mass is 10.1. The van der Waals surface area contributed by atoms with E-state index in [-0.39, 0.29) is 6.10 Å². The molecule has 1 saturated heterocycles. The van der Waals surface area contributed by atoms with Crippen LogP contribution in [0.5, 0.6) is 0 Å². The van der Waals surface area contributed by atoms with Crippen molar-refractivity contribution in [3.05, 3.63) is 30.1 Å². The minimum absolute atomic E-state index is 0.336. The van der Waals surface area contributed by atoms with Gasteiger partial charge in [0.05, 0.1) is 17.6 Å². The molecule has 1 aliphatic carbocycles. The van der Waals surface area contributed by atoms with Crippen LogP contribution in [0.25, 0.3) is 0 Å². The fraction of sp³-hybridized carbons (Fsp3) is 0.375. The van der Waals surface area contributed by atoms with E-state index in [9.17, 15) is 9.90 Å². The van der Waals surface area contributed by atoms with E-state index in [1.165, 1.54) is 0 Å². The number of aliphatic imine (C=N–C) groups is 1. The van der Waals surface area contributed by atoms with Crippen LogP contribution in [-0.4, -0.2) is 56.1 Å². The first-order chi connectivity index (χ1) is 12.0. The number of amides is 2. The van der Waals surface area contributed by atoms with Gasteiger partial charge in [0.25, 0.3) is 0 Å². The van der Waals surface area contributed by atoms with Gasteiger partial charge in [0.15, 0.2) is 6.54 Å². The molecule has 1 unspecified atom stereocenters. The smallest absolute Gasteiger partial charge is 0.316 e. The summed E-state index contributed by atoms with van der Waals surface area (Å²) in [7, 11) is 0. The number of aryl methyl sites for hydroxylation is 1. The van der Waals surface area contributed by atoms with Crippen LogP contribution in [0.3, 0.4) is 0 Å². The molecule has 9 nitrogen and oxygen atoms in total. The number of aliphatic hydroxyl groups is 1. The van der Waals surface area contributed by atoms with Crippen molar-refractivity contribution < 1.29 is 14.5 Å². The van der Waals surface area contributed by atoms with Gasteiger partial charge in [-0.2, -0.15) is 5.10 Å². The maximum Gasteiger partial charge on any atom is 0.316 e. The molecule has 9 heteroatoms. The molecule has 1 atom stereocenters. The molecule has 2 amide bonds. The number of nitrogens with two attached hydrogens (primary N) is 2. The first-order valence-corrected chi connectivity index (χ1v) is 8.14. The largest absolute Gasteiger partial charge is 0.386 e. The highest BCUT2D eigenvalue weighted by Gasteiger charge is 2.27. The Morgan fingerprint density at radius 2 is 2.36 bits per heavy atom. The van der Waals surface area contributed by atoms with Crippen molar-refractivity contribution in [2.75, 3.05) is 18.8 Å². The molecule has 3 rings (SSSR count). The van der Waals surface area contributed by atoms with Crippen LogP contribution < -0.4 is 16.8 Å². The zero-order valence-corrected chi connectivity index (χ0v) is 14.0. The number of hydrogen-bond donors (Lipinski definition) is 4. The fourth-order valence-electron chi connectivity index (χ4n) is 2.88. The second-order valence-electron chi connectivity index (χ2n) is 5.92. The number of carbonyl (C=O) groups excluding carboxylic acids is 1. The highest BCUT2D eigenvalue weighted by Crippen LogP contribution is 2.23. The predicted molar refractivity (Wildman–Crippen MR) is 95.0 cm³/mol. The molecule has 0 spiro atoms. The van der Waals surface area contributed by atoms with Gasteiger partial charge in [0.2, 0.25) is 5.71 Å². The Balaban J connectivity index is 1.97. The number of anilines is 1. The third kappa shape index (κ3) is 3.61. The number of hydrogen-bond acceptors (Lipinski definition) is 5. The van der Waals surface area contributed by atoms with Gasteiger partial charge in [-0.05, 0) is 13.0 Å². The number of aromatic nitrogens is 2. The molecule has 0 radical (unpaired) electrons. The number of allylic oxidation sites excluding steroid dienone is 3. The lowest BCUT2D eigenvalue weighted by Crippen LogP contribution is -2.34. The van der Waals surface area contributed by atoms with Crippen LogP contribution in [0.4, 0.5) is 16.3 Å². The summed E-state index contributed by atoms with van der Waals surface area (Å²) in [6.07, 6.45) is 7.44. The molecule has 1 aliphatic heterocycles. The van der Waals surface area contributed by atoms with E-state index < -0.39 is 6.03 Å². The second-order valence-corrected chi connectivity index (χ2v) is 5.92. The standard InChI is InChI=1S/C16H21N7O2/c1-2-23-15(17)14(8-19-23)20-12-4-3-10(7-13(12)21-16(18)25)22-6-5-11(24)9-22/h3-4,7-8,11,24H,2,5-6,9H2,1H3,(H4,17,18,19,21,25)/p+1. The van der Waals surface area contributed by atoms with Gasteiger partial charge in [-0.15, -0.1) is 0 Å². The van der Waals surface area contributed by atoms with Crippen molar-refractivity contribution in [2.24, 2.45) is 10.7 Å². The van der Waals surface area contributed by atoms with Crippen molar-refractivity contribution in [1.82, 2.24) is 15.1 Å². The molecule has 0 bridgehead atoms. The Morgan fingerprint density at radius 3 is 2.96 bits per heavy atom. The number of aliphatic hydroxyl groups excluding tert-OH is 1. The van der Waals surface area contributed by atoms with Gasteiger partial charge in [-0.25, -0.2) is 19.0 Å². The molecule has 2 aliphatic rings. The first kappa shape index (κ1) is 16.9. The zero-order valence-electron chi connectivity index (χ0n) is 14.0. The summed E-state index contributed by atoms with van der Waals surface area (Å²) in [5.41, 5.74) is 13.7. The molecular formula is C16H22N7O2+. The van der Waals surface area contributed by atoms with Crippen LogP contribution in [0.15, 0.2) is 35.1 Å². The SMILES string of the molecule is CCn1ncc(N=C2C=CC(=[N+]3CCC(O)C3)C=C2NC(N)=O)c1N. The van der Waals surface area contributed by atoms with Crippen LogP contribution in [-0.2, 0) is 6.54 Å². The molecule has 2 heterocycles. The average molecular weight is 344 g/mol. The molecule has 0 saturated carbocycles. The summed E-state index contributed by atoms with van der Waals surface area (Å²) in [5, 5.41) is 16.5. The van der Waals surface area contributed by atoms with E-state index >= 15 is 0 Å². The number of carbonyl (C=O) groups is 1. The maximum atomic E-state index is 11.4. The predicted octanol–water partition coefficient (Wildman–Crippen LogP) is -0.102. The fourth-order valence-corrected chi connectivity index (χ4v) is 2.88. The van der Waals surface area contributed by atoms with Gasteiger partial charge in [0.1, 0.15) is 24.2 Å². The molecule has 0 aromatic carbocycles. The van der Waals surface area contributed by atoms with E-state index in [1.54, 1.807) is 23.0 Å². The lowest BCUT2D eigenvalue weighted by molar-refractivity contribution is -0.508. The number of nitrogens with zero attached hydrogens (tertiary/aromatic N) is 4. The number of rotatable bonds is 3. The highest BCUT2D eigenvalue weighted by molar-refractivity contribution is 6.21. The molecule has 1 fully saturated rings. The van der Waals surface area contributed by atoms with E-state index in [0.29, 0.717) is 36.0 Å². The Kier molecular flexibility index (Phi) is 4.66. The molecule has 6 N–H and O–H groups in total. The molecule has 25 heavy (non-hydrogen) atoms. The summed E-state index contributed by atoms with van der Waals surface area (Å²) in [5.74, 6) is 0.458. The number of nitrogen functional groups attached to an aromatic ring is 1. The van der Waals surface area contributed by atoms with Gasteiger partial charge in [-0.1, -0.05) is 0 Å². The van der Waals surface area contributed by atoms with Crippen molar-refractivity contribution >= 4 is 29.0 Å². The summed E-state index contributed by atoms with van der Waals surface area (Å²) in [4.78, 5) is 15.8. The molecular weight excluding hydrogens is 322 g/mol. The lowest BCUT2D eigenvalue weighted by Gasteiger charge is -2.12. The third-order valence-corrected chi connectivity index (χ3v) is 4.17. The molecule has 1 aromatic heterocycles. The Morgan fingerprint density at radius 1 is 1.56 bits per heavy atom. The van der Waals surface area contributed by atoms with Crippen molar-refractivity contribution in [1.29, 1.82) is 0 Å². The van der Waals surface area contributed by atoms with Crippen LogP contribution in [0.2, 0.25) is 0 Å². The number of β-amino-alcohol motifs (C(OH)–C–C–N with tert-alkyl or cyclic N) is 1. The van der Waals surface area contributed by atoms with Crippen molar-refractivity contribution in [2.45, 2.75) is 26.0 Å². The topological polar surface area (TPSA) is 135 Å². The zero-order chi connectivity index (χ0) is 18.0. The number of nitrogens with one attached hydrogen (secondary N) is 1. The van der Waals surface area contributed by atoms with Gasteiger partial charge in [0, 0.05) is 25.1 Å². The van der Waals surface area contributed by atoms with E-state index in [1.807, 2.05) is 17.6 Å². The van der Waals surface area contributed by atoms with Crippen LogP contribution in [0, 0.1) is 0 Å². The number of urea groups is 1. The monoisotopic (exact) mass is 344 g/mol. The average Bonchev–Trinajstić information content (AvgIpc) is 3.15. The third-order valence-electron chi connectivity index (χ3n) is 4.17. The van der Waals surface area contributed by atoms with E-state index in [0.717, 1.165) is 18.7 Å². The molecule has 132 valence electrons. The van der Waals surface area contributed by atoms with Crippen LogP contribution >= 0.6 is 0 Å². The highest BCUT2D eigenvalue weighted by atomic mass is 16.3. The Hall–Kier alpha value is -2.94.